The van der Waals surface area contributed by atoms with Gasteiger partial charge >= 0.3 is 5.97 Å². The van der Waals surface area contributed by atoms with E-state index < -0.39 is 0 Å². The number of hydrogen-bond acceptors (Lipinski definition) is 3. The SMILES string of the molecule is COC(=O)Cc1ccccc1Cn1nccc1C. The number of hydrogen-bond donors (Lipinski definition) is 0. The number of carbonyl (C=O) groups is 1. The number of methoxy groups -OCH3 is 1. The minimum atomic E-state index is -0.223. The van der Waals surface area contributed by atoms with Crippen LogP contribution >= 0.6 is 0 Å². The molecule has 1 aromatic carbocycles. The van der Waals surface area contributed by atoms with Crippen molar-refractivity contribution in [2.45, 2.75) is 19.9 Å². The fourth-order valence-corrected chi connectivity index (χ4v) is 1.84. The molecule has 0 unspecified atom stereocenters. The summed E-state index contributed by atoms with van der Waals surface area (Å²) >= 11 is 0. The molecule has 1 heterocycles. The molecule has 18 heavy (non-hydrogen) atoms. The van der Waals surface area contributed by atoms with E-state index in [9.17, 15) is 4.79 Å². The van der Waals surface area contributed by atoms with E-state index >= 15 is 0 Å². The minimum absolute atomic E-state index is 0.223. The van der Waals surface area contributed by atoms with Gasteiger partial charge in [-0.25, -0.2) is 0 Å². The molecule has 4 heteroatoms. The molecule has 94 valence electrons. The van der Waals surface area contributed by atoms with Gasteiger partial charge in [0.25, 0.3) is 0 Å². The van der Waals surface area contributed by atoms with E-state index in [-0.39, 0.29) is 5.97 Å². The van der Waals surface area contributed by atoms with Gasteiger partial charge in [0.1, 0.15) is 0 Å². The van der Waals surface area contributed by atoms with Crippen LogP contribution in [-0.2, 0) is 22.5 Å². The molecule has 0 saturated carbocycles. The molecule has 0 bridgehead atoms. The molecule has 0 N–H and O–H groups in total. The van der Waals surface area contributed by atoms with Crippen molar-refractivity contribution in [3.05, 3.63) is 53.3 Å². The van der Waals surface area contributed by atoms with Gasteiger partial charge in [-0.05, 0) is 24.1 Å². The van der Waals surface area contributed by atoms with Gasteiger partial charge in [0, 0.05) is 11.9 Å². The average Bonchev–Trinajstić information content (AvgIpc) is 2.77. The topological polar surface area (TPSA) is 44.1 Å². The first-order chi connectivity index (χ1) is 8.70. The van der Waals surface area contributed by atoms with E-state index in [2.05, 4.69) is 5.10 Å². The maximum absolute atomic E-state index is 11.4. The molecular weight excluding hydrogens is 228 g/mol. The first kappa shape index (κ1) is 12.4. The Labute approximate surface area is 106 Å². The molecule has 0 radical (unpaired) electrons. The van der Waals surface area contributed by atoms with Crippen molar-refractivity contribution in [2.75, 3.05) is 7.11 Å². The van der Waals surface area contributed by atoms with Crippen molar-refractivity contribution >= 4 is 5.97 Å². The predicted octanol–water partition coefficient (Wildman–Crippen LogP) is 1.96. The monoisotopic (exact) mass is 244 g/mol. The second-order valence-electron chi connectivity index (χ2n) is 4.15. The molecular formula is C14H16N2O2. The Morgan fingerprint density at radius 3 is 2.61 bits per heavy atom. The van der Waals surface area contributed by atoms with Crippen molar-refractivity contribution < 1.29 is 9.53 Å². The summed E-state index contributed by atoms with van der Waals surface area (Å²) in [6.45, 7) is 2.68. The molecule has 0 amide bonds. The molecule has 0 spiro atoms. The summed E-state index contributed by atoms with van der Waals surface area (Å²) in [5, 5.41) is 4.25. The second kappa shape index (κ2) is 5.49. The highest BCUT2D eigenvalue weighted by Crippen LogP contribution is 2.12. The quantitative estimate of drug-likeness (QED) is 0.772. The highest BCUT2D eigenvalue weighted by atomic mass is 16.5. The maximum Gasteiger partial charge on any atom is 0.309 e. The van der Waals surface area contributed by atoms with Crippen molar-refractivity contribution in [2.24, 2.45) is 0 Å². The number of aryl methyl sites for hydroxylation is 1. The average molecular weight is 244 g/mol. The fourth-order valence-electron chi connectivity index (χ4n) is 1.84. The van der Waals surface area contributed by atoms with Gasteiger partial charge in [0.05, 0.1) is 20.1 Å². The number of ether oxygens (including phenoxy) is 1. The standard InChI is InChI=1S/C14H16N2O2/c1-11-7-8-15-16(11)10-13-6-4-3-5-12(13)9-14(17)18-2/h3-8H,9-10H2,1-2H3. The first-order valence-electron chi connectivity index (χ1n) is 5.82. The van der Waals surface area contributed by atoms with Gasteiger partial charge < -0.3 is 4.74 Å². The van der Waals surface area contributed by atoms with E-state index in [1.54, 1.807) is 6.20 Å². The number of rotatable bonds is 4. The Kier molecular flexibility index (Phi) is 3.77. The summed E-state index contributed by atoms with van der Waals surface area (Å²) in [5.41, 5.74) is 3.18. The molecule has 2 rings (SSSR count). The molecule has 0 aliphatic heterocycles. The lowest BCUT2D eigenvalue weighted by molar-refractivity contribution is -0.139. The summed E-state index contributed by atoms with van der Waals surface area (Å²) in [4.78, 5) is 11.4. The molecule has 1 aromatic heterocycles. The van der Waals surface area contributed by atoms with Crippen LogP contribution in [0.3, 0.4) is 0 Å². The minimum Gasteiger partial charge on any atom is -0.469 e. The first-order valence-corrected chi connectivity index (χ1v) is 5.82. The zero-order valence-electron chi connectivity index (χ0n) is 10.6. The van der Waals surface area contributed by atoms with Crippen molar-refractivity contribution in [1.29, 1.82) is 0 Å². The van der Waals surface area contributed by atoms with Crippen LogP contribution < -0.4 is 0 Å². The van der Waals surface area contributed by atoms with Crippen molar-refractivity contribution in [3.63, 3.8) is 0 Å². The van der Waals surface area contributed by atoms with Crippen molar-refractivity contribution in [1.82, 2.24) is 9.78 Å². The van der Waals surface area contributed by atoms with Crippen LogP contribution in [0.1, 0.15) is 16.8 Å². The van der Waals surface area contributed by atoms with E-state index in [0.29, 0.717) is 13.0 Å². The van der Waals surface area contributed by atoms with Gasteiger partial charge in [-0.1, -0.05) is 24.3 Å². The third-order valence-electron chi connectivity index (χ3n) is 2.93. The van der Waals surface area contributed by atoms with Crippen LogP contribution in [-0.4, -0.2) is 22.9 Å². The summed E-state index contributed by atoms with van der Waals surface area (Å²) in [7, 11) is 1.41. The van der Waals surface area contributed by atoms with Gasteiger partial charge in [0.2, 0.25) is 0 Å². The molecule has 4 nitrogen and oxygen atoms in total. The predicted molar refractivity (Wildman–Crippen MR) is 68.2 cm³/mol. The van der Waals surface area contributed by atoms with Crippen LogP contribution in [0.5, 0.6) is 0 Å². The van der Waals surface area contributed by atoms with Crippen LogP contribution in [0.15, 0.2) is 36.5 Å². The molecule has 2 aromatic rings. The fraction of sp³-hybridized carbons (Fsp3) is 0.286. The lowest BCUT2D eigenvalue weighted by Gasteiger charge is -2.10. The number of nitrogens with zero attached hydrogens (tertiary/aromatic N) is 2. The van der Waals surface area contributed by atoms with Crippen LogP contribution in [0.4, 0.5) is 0 Å². The Morgan fingerprint density at radius 1 is 1.28 bits per heavy atom. The van der Waals surface area contributed by atoms with E-state index in [1.165, 1.54) is 7.11 Å². The smallest absolute Gasteiger partial charge is 0.309 e. The molecule has 0 aliphatic carbocycles. The van der Waals surface area contributed by atoms with Gasteiger partial charge in [-0.3, -0.25) is 9.48 Å². The van der Waals surface area contributed by atoms with Crippen LogP contribution in [0.2, 0.25) is 0 Å². The normalized spacial score (nSPS) is 10.3. The van der Waals surface area contributed by atoms with E-state index in [0.717, 1.165) is 16.8 Å². The third kappa shape index (κ3) is 2.77. The number of carbonyl (C=O) groups excluding carboxylic acids is 1. The number of benzene rings is 1. The van der Waals surface area contributed by atoms with Crippen LogP contribution in [0.25, 0.3) is 0 Å². The second-order valence-corrected chi connectivity index (χ2v) is 4.15. The lowest BCUT2D eigenvalue weighted by atomic mass is 10.0. The Hall–Kier alpha value is -2.10. The highest BCUT2D eigenvalue weighted by molar-refractivity contribution is 5.72. The van der Waals surface area contributed by atoms with Crippen molar-refractivity contribution in [3.8, 4) is 0 Å². The lowest BCUT2D eigenvalue weighted by Crippen LogP contribution is -2.10. The zero-order valence-corrected chi connectivity index (χ0v) is 10.6. The summed E-state index contributed by atoms with van der Waals surface area (Å²) < 4.78 is 6.62. The summed E-state index contributed by atoms with van der Waals surface area (Å²) in [6, 6.07) is 9.82. The molecule has 0 aliphatic rings. The molecule has 0 atom stereocenters. The van der Waals surface area contributed by atoms with E-state index in [4.69, 9.17) is 4.74 Å². The molecule has 0 saturated heterocycles. The Balaban J connectivity index is 2.22. The maximum atomic E-state index is 11.4. The largest absolute Gasteiger partial charge is 0.469 e. The number of aromatic nitrogens is 2. The van der Waals surface area contributed by atoms with Crippen LogP contribution in [0, 0.1) is 6.92 Å². The highest BCUT2D eigenvalue weighted by Gasteiger charge is 2.08. The molecule has 0 fully saturated rings. The Bertz CT molecular complexity index is 546. The van der Waals surface area contributed by atoms with E-state index in [1.807, 2.05) is 41.9 Å². The van der Waals surface area contributed by atoms with Gasteiger partial charge in [-0.2, -0.15) is 5.10 Å². The van der Waals surface area contributed by atoms with Gasteiger partial charge in [0.15, 0.2) is 0 Å². The number of esters is 1. The van der Waals surface area contributed by atoms with Gasteiger partial charge in [-0.15, -0.1) is 0 Å². The summed E-state index contributed by atoms with van der Waals surface area (Å²) in [6.07, 6.45) is 2.07. The summed E-state index contributed by atoms with van der Waals surface area (Å²) in [5.74, 6) is -0.223. The Morgan fingerprint density at radius 2 is 2.00 bits per heavy atom. The zero-order chi connectivity index (χ0) is 13.0. The third-order valence-corrected chi connectivity index (χ3v) is 2.93.